The minimum atomic E-state index is 0.409. The van der Waals surface area contributed by atoms with E-state index >= 15 is 0 Å². The maximum atomic E-state index is 8.90. The minimum absolute atomic E-state index is 0.409. The molecule has 0 aliphatic heterocycles. The third-order valence-corrected chi connectivity index (χ3v) is 3.38. The van der Waals surface area contributed by atoms with Crippen molar-refractivity contribution in [2.24, 2.45) is 0 Å². The third-order valence-electron chi connectivity index (χ3n) is 3.38. The van der Waals surface area contributed by atoms with Crippen molar-refractivity contribution < 1.29 is 0 Å². The first-order valence-corrected chi connectivity index (χ1v) is 5.72. The van der Waals surface area contributed by atoms with Crippen molar-refractivity contribution in [2.75, 3.05) is 0 Å². The molecule has 0 spiro atoms. The van der Waals surface area contributed by atoms with Crippen LogP contribution in [-0.4, -0.2) is 9.55 Å². The number of hydrogen-bond donors (Lipinski definition) is 0. The molecule has 80 valence electrons. The molecule has 1 aliphatic rings. The Kier molecular flexibility index (Phi) is 2.14. The van der Waals surface area contributed by atoms with Crippen molar-refractivity contribution in [2.45, 2.75) is 31.7 Å². The largest absolute Gasteiger partial charge is 0.314 e. The molecule has 16 heavy (non-hydrogen) atoms. The summed E-state index contributed by atoms with van der Waals surface area (Å²) in [6.45, 7) is 0.409. The summed E-state index contributed by atoms with van der Waals surface area (Å²) >= 11 is 0. The topological polar surface area (TPSA) is 41.6 Å². The van der Waals surface area contributed by atoms with E-state index < -0.39 is 0 Å². The quantitative estimate of drug-likeness (QED) is 0.766. The van der Waals surface area contributed by atoms with E-state index in [-0.39, 0.29) is 0 Å². The van der Waals surface area contributed by atoms with Gasteiger partial charge in [0.25, 0.3) is 0 Å². The van der Waals surface area contributed by atoms with Crippen molar-refractivity contribution in [1.29, 1.82) is 5.26 Å². The van der Waals surface area contributed by atoms with E-state index in [1.807, 2.05) is 24.3 Å². The summed E-state index contributed by atoms with van der Waals surface area (Å²) in [5.74, 6) is 1.68. The zero-order chi connectivity index (χ0) is 11.0. The molecule has 0 atom stereocenters. The molecule has 0 amide bonds. The van der Waals surface area contributed by atoms with Crippen molar-refractivity contribution in [3.8, 4) is 6.07 Å². The molecule has 3 heteroatoms. The molecule has 1 saturated carbocycles. The molecule has 1 aromatic carbocycles. The molecular weight excluding hydrogens is 198 g/mol. The van der Waals surface area contributed by atoms with E-state index in [0.29, 0.717) is 12.5 Å². The van der Waals surface area contributed by atoms with Gasteiger partial charge in [-0.1, -0.05) is 18.6 Å². The van der Waals surface area contributed by atoms with Crippen LogP contribution < -0.4 is 0 Å². The van der Waals surface area contributed by atoms with E-state index in [2.05, 4.69) is 15.6 Å². The molecular formula is C13H13N3. The number of fused-ring (bicyclic) bond motifs is 1. The first kappa shape index (κ1) is 9.41. The molecule has 0 radical (unpaired) electrons. The van der Waals surface area contributed by atoms with Crippen LogP contribution in [0.3, 0.4) is 0 Å². The lowest BCUT2D eigenvalue weighted by Crippen LogP contribution is -2.15. The Hall–Kier alpha value is -1.82. The molecule has 2 aromatic rings. The first-order chi connectivity index (χ1) is 7.90. The van der Waals surface area contributed by atoms with E-state index in [1.165, 1.54) is 19.3 Å². The molecule has 0 bridgehead atoms. The average molecular weight is 211 g/mol. The van der Waals surface area contributed by atoms with Gasteiger partial charge in [0.05, 0.1) is 17.1 Å². The fourth-order valence-corrected chi connectivity index (χ4v) is 2.31. The molecule has 1 aromatic heterocycles. The summed E-state index contributed by atoms with van der Waals surface area (Å²) in [5.41, 5.74) is 2.10. The van der Waals surface area contributed by atoms with Crippen LogP contribution in [0, 0.1) is 11.3 Å². The van der Waals surface area contributed by atoms with Gasteiger partial charge >= 0.3 is 0 Å². The number of aromatic nitrogens is 2. The Bertz CT molecular complexity index is 558. The summed E-state index contributed by atoms with van der Waals surface area (Å²) < 4.78 is 2.07. The van der Waals surface area contributed by atoms with Gasteiger partial charge in [-0.2, -0.15) is 5.26 Å². The van der Waals surface area contributed by atoms with Crippen molar-refractivity contribution in [3.63, 3.8) is 0 Å². The predicted octanol–water partition coefficient (Wildman–Crippen LogP) is 2.83. The highest BCUT2D eigenvalue weighted by Crippen LogP contribution is 2.37. The highest BCUT2D eigenvalue weighted by atomic mass is 15.1. The Morgan fingerprint density at radius 3 is 2.88 bits per heavy atom. The molecule has 0 saturated heterocycles. The summed E-state index contributed by atoms with van der Waals surface area (Å²) in [4.78, 5) is 4.67. The minimum Gasteiger partial charge on any atom is -0.314 e. The number of nitriles is 1. The Morgan fingerprint density at radius 2 is 2.19 bits per heavy atom. The van der Waals surface area contributed by atoms with Crippen LogP contribution >= 0.6 is 0 Å². The van der Waals surface area contributed by atoms with Crippen LogP contribution in [0.5, 0.6) is 0 Å². The SMILES string of the molecule is N#CCn1c(C2CCC2)nc2ccccc21. The van der Waals surface area contributed by atoms with Gasteiger partial charge in [0.1, 0.15) is 12.4 Å². The van der Waals surface area contributed by atoms with Crippen LogP contribution in [0.25, 0.3) is 11.0 Å². The summed E-state index contributed by atoms with van der Waals surface area (Å²) in [6.07, 6.45) is 3.73. The highest BCUT2D eigenvalue weighted by Gasteiger charge is 2.25. The molecule has 1 aliphatic carbocycles. The molecule has 3 nitrogen and oxygen atoms in total. The number of imidazole rings is 1. The van der Waals surface area contributed by atoms with Gasteiger partial charge < -0.3 is 4.57 Å². The van der Waals surface area contributed by atoms with Gasteiger partial charge in [-0.25, -0.2) is 4.98 Å². The second-order valence-electron chi connectivity index (χ2n) is 4.33. The van der Waals surface area contributed by atoms with Gasteiger partial charge in [-0.15, -0.1) is 0 Å². The van der Waals surface area contributed by atoms with E-state index in [9.17, 15) is 0 Å². The molecule has 0 N–H and O–H groups in total. The lowest BCUT2D eigenvalue weighted by Gasteiger charge is -2.24. The number of benzene rings is 1. The lowest BCUT2D eigenvalue weighted by molar-refractivity contribution is 0.392. The fraction of sp³-hybridized carbons (Fsp3) is 0.385. The maximum absolute atomic E-state index is 8.90. The molecule has 0 unspecified atom stereocenters. The predicted molar refractivity (Wildman–Crippen MR) is 61.9 cm³/mol. The zero-order valence-electron chi connectivity index (χ0n) is 9.06. The normalized spacial score (nSPS) is 15.9. The molecule has 3 rings (SSSR count). The van der Waals surface area contributed by atoms with Crippen LogP contribution in [-0.2, 0) is 6.54 Å². The number of para-hydroxylation sites is 2. The standard InChI is InChI=1S/C13H13N3/c14-8-9-16-12-7-2-1-6-11(12)15-13(16)10-4-3-5-10/h1-2,6-7,10H,3-5,9H2. The van der Waals surface area contributed by atoms with E-state index in [4.69, 9.17) is 5.26 Å². The van der Waals surface area contributed by atoms with Crippen molar-refractivity contribution in [1.82, 2.24) is 9.55 Å². The van der Waals surface area contributed by atoms with Crippen LogP contribution in [0.1, 0.15) is 31.0 Å². The van der Waals surface area contributed by atoms with E-state index in [1.54, 1.807) is 0 Å². The fourth-order valence-electron chi connectivity index (χ4n) is 2.31. The first-order valence-electron chi connectivity index (χ1n) is 5.72. The Labute approximate surface area is 94.3 Å². The van der Waals surface area contributed by atoms with Gasteiger partial charge in [0.2, 0.25) is 0 Å². The van der Waals surface area contributed by atoms with E-state index in [0.717, 1.165) is 16.9 Å². The van der Waals surface area contributed by atoms with Crippen LogP contribution in [0.2, 0.25) is 0 Å². The Morgan fingerprint density at radius 1 is 1.38 bits per heavy atom. The van der Waals surface area contributed by atoms with Gasteiger partial charge in [-0.3, -0.25) is 0 Å². The second-order valence-corrected chi connectivity index (χ2v) is 4.33. The smallest absolute Gasteiger partial charge is 0.113 e. The molecule has 1 heterocycles. The maximum Gasteiger partial charge on any atom is 0.113 e. The Balaban J connectivity index is 2.18. The number of nitrogens with zero attached hydrogens (tertiary/aromatic N) is 3. The van der Waals surface area contributed by atoms with Crippen molar-refractivity contribution in [3.05, 3.63) is 30.1 Å². The summed E-state index contributed by atoms with van der Waals surface area (Å²) in [7, 11) is 0. The van der Waals surface area contributed by atoms with Gasteiger partial charge in [0, 0.05) is 5.92 Å². The van der Waals surface area contributed by atoms with Crippen LogP contribution in [0.4, 0.5) is 0 Å². The highest BCUT2D eigenvalue weighted by molar-refractivity contribution is 5.76. The monoisotopic (exact) mass is 211 g/mol. The van der Waals surface area contributed by atoms with Crippen molar-refractivity contribution >= 4 is 11.0 Å². The summed E-state index contributed by atoms with van der Waals surface area (Å²) in [6, 6.07) is 10.3. The number of hydrogen-bond acceptors (Lipinski definition) is 2. The van der Waals surface area contributed by atoms with Gasteiger partial charge in [0.15, 0.2) is 0 Å². The third kappa shape index (κ3) is 1.30. The average Bonchev–Trinajstić information content (AvgIpc) is 2.56. The van der Waals surface area contributed by atoms with Crippen LogP contribution in [0.15, 0.2) is 24.3 Å². The number of rotatable bonds is 2. The lowest BCUT2D eigenvalue weighted by atomic mass is 9.85. The molecule has 1 fully saturated rings. The van der Waals surface area contributed by atoms with Gasteiger partial charge in [-0.05, 0) is 25.0 Å². The zero-order valence-corrected chi connectivity index (χ0v) is 9.06. The summed E-state index contributed by atoms with van der Waals surface area (Å²) in [5, 5.41) is 8.90. The second kappa shape index (κ2) is 3.64.